The van der Waals surface area contributed by atoms with Crippen LogP contribution in [-0.2, 0) is 16.6 Å². The number of hydrogen-bond acceptors (Lipinski definition) is 5. The zero-order valence-corrected chi connectivity index (χ0v) is 17.8. The van der Waals surface area contributed by atoms with Crippen LogP contribution in [0.5, 0.6) is 0 Å². The molecule has 1 aliphatic rings. The second-order valence-corrected chi connectivity index (χ2v) is 9.23. The van der Waals surface area contributed by atoms with Crippen LogP contribution in [0.25, 0.3) is 11.5 Å². The third kappa shape index (κ3) is 4.03. The van der Waals surface area contributed by atoms with Crippen LogP contribution >= 0.6 is 0 Å². The largest absolute Gasteiger partial charge is 0.458 e. The van der Waals surface area contributed by atoms with E-state index in [1.165, 1.54) is 12.3 Å². The van der Waals surface area contributed by atoms with Gasteiger partial charge in [-0.05, 0) is 32.3 Å². The Kier molecular flexibility index (Phi) is 5.48. The molecule has 1 amide bonds. The third-order valence-electron chi connectivity index (χ3n) is 5.26. The molecule has 0 unspecified atom stereocenters. The first-order chi connectivity index (χ1) is 14.3. The first kappa shape index (κ1) is 20.4. The van der Waals surface area contributed by atoms with E-state index in [0.717, 1.165) is 24.0 Å². The SMILES string of the molecule is Cc1ccc(CNS(=O)(=O)c2cc(-c3[nH]ncc3C(=O)N3CCCC3)oc2C)cc1. The first-order valence-corrected chi connectivity index (χ1v) is 11.3. The minimum atomic E-state index is -3.79. The van der Waals surface area contributed by atoms with Gasteiger partial charge in [0.15, 0.2) is 5.76 Å². The Bertz CT molecular complexity index is 1160. The van der Waals surface area contributed by atoms with E-state index >= 15 is 0 Å². The summed E-state index contributed by atoms with van der Waals surface area (Å²) in [4.78, 5) is 14.6. The van der Waals surface area contributed by atoms with E-state index < -0.39 is 10.0 Å². The molecule has 0 spiro atoms. The number of aromatic amines is 1. The molecule has 1 aromatic carbocycles. The quantitative estimate of drug-likeness (QED) is 0.627. The molecule has 0 saturated carbocycles. The number of aryl methyl sites for hydroxylation is 2. The van der Waals surface area contributed by atoms with Crippen molar-refractivity contribution < 1.29 is 17.6 Å². The molecule has 0 radical (unpaired) electrons. The van der Waals surface area contributed by atoms with Crippen LogP contribution in [0.2, 0.25) is 0 Å². The molecule has 2 aromatic heterocycles. The number of aromatic nitrogens is 2. The fourth-order valence-corrected chi connectivity index (χ4v) is 4.74. The van der Waals surface area contributed by atoms with Gasteiger partial charge in [-0.3, -0.25) is 9.89 Å². The van der Waals surface area contributed by atoms with Gasteiger partial charge < -0.3 is 9.32 Å². The van der Waals surface area contributed by atoms with E-state index in [4.69, 9.17) is 4.42 Å². The van der Waals surface area contributed by atoms with E-state index in [9.17, 15) is 13.2 Å². The molecule has 0 aliphatic carbocycles. The summed E-state index contributed by atoms with van der Waals surface area (Å²) in [6.07, 6.45) is 3.42. The molecule has 1 saturated heterocycles. The lowest BCUT2D eigenvalue weighted by molar-refractivity contribution is 0.0793. The fraction of sp³-hybridized carbons (Fsp3) is 0.333. The number of nitrogens with one attached hydrogen (secondary N) is 2. The molecule has 1 aliphatic heterocycles. The summed E-state index contributed by atoms with van der Waals surface area (Å²) in [7, 11) is -3.79. The normalized spacial score (nSPS) is 14.4. The number of nitrogens with zero attached hydrogens (tertiary/aromatic N) is 2. The fourth-order valence-electron chi connectivity index (χ4n) is 3.54. The van der Waals surface area contributed by atoms with Crippen molar-refractivity contribution >= 4 is 15.9 Å². The minimum Gasteiger partial charge on any atom is -0.458 e. The van der Waals surface area contributed by atoms with Crippen LogP contribution in [0, 0.1) is 13.8 Å². The van der Waals surface area contributed by atoms with Crippen molar-refractivity contribution in [3.8, 4) is 11.5 Å². The Morgan fingerprint density at radius 1 is 1.20 bits per heavy atom. The summed E-state index contributed by atoms with van der Waals surface area (Å²) < 4.78 is 34.0. The smallest absolute Gasteiger partial charge is 0.257 e. The second-order valence-electron chi connectivity index (χ2n) is 7.50. The van der Waals surface area contributed by atoms with Gasteiger partial charge in [0, 0.05) is 25.7 Å². The van der Waals surface area contributed by atoms with E-state index in [0.29, 0.717) is 24.3 Å². The van der Waals surface area contributed by atoms with Crippen LogP contribution in [-0.4, -0.2) is 42.5 Å². The number of sulfonamides is 1. The van der Waals surface area contributed by atoms with Crippen LogP contribution in [0.3, 0.4) is 0 Å². The molecule has 4 rings (SSSR count). The van der Waals surface area contributed by atoms with E-state index in [2.05, 4.69) is 14.9 Å². The van der Waals surface area contributed by atoms with Gasteiger partial charge in [0.05, 0.1) is 11.8 Å². The number of furan rings is 1. The summed E-state index contributed by atoms with van der Waals surface area (Å²) in [6.45, 7) is 5.16. The molecule has 3 heterocycles. The molecule has 0 atom stereocenters. The van der Waals surface area contributed by atoms with Crippen molar-refractivity contribution in [1.29, 1.82) is 0 Å². The highest BCUT2D eigenvalue weighted by Gasteiger charge is 2.27. The molecule has 2 N–H and O–H groups in total. The number of carbonyl (C=O) groups excluding carboxylic acids is 1. The van der Waals surface area contributed by atoms with Crippen molar-refractivity contribution in [2.45, 2.75) is 38.1 Å². The maximum absolute atomic E-state index is 12.8. The number of carbonyl (C=O) groups is 1. The highest BCUT2D eigenvalue weighted by Crippen LogP contribution is 2.30. The van der Waals surface area contributed by atoms with Gasteiger partial charge in [-0.1, -0.05) is 29.8 Å². The van der Waals surface area contributed by atoms with Crippen molar-refractivity contribution in [2.24, 2.45) is 0 Å². The number of H-pyrrole nitrogens is 1. The zero-order chi connectivity index (χ0) is 21.3. The van der Waals surface area contributed by atoms with Gasteiger partial charge in [-0.25, -0.2) is 13.1 Å². The predicted molar refractivity (Wildman–Crippen MR) is 111 cm³/mol. The van der Waals surface area contributed by atoms with Crippen molar-refractivity contribution in [3.63, 3.8) is 0 Å². The van der Waals surface area contributed by atoms with Gasteiger partial charge in [-0.2, -0.15) is 5.10 Å². The van der Waals surface area contributed by atoms with Crippen molar-refractivity contribution in [2.75, 3.05) is 13.1 Å². The lowest BCUT2D eigenvalue weighted by Gasteiger charge is -2.14. The molecule has 1 fully saturated rings. The van der Waals surface area contributed by atoms with E-state index in [-0.39, 0.29) is 28.9 Å². The standard InChI is InChI=1S/C21H24N4O4S/c1-14-5-7-16(8-6-14)12-23-30(27,28)19-11-18(29-15(19)2)20-17(13-22-24-20)21(26)25-9-3-4-10-25/h5-8,11,13,23H,3-4,9-10,12H2,1-2H3,(H,22,24). The number of rotatable bonds is 6. The molecule has 0 bridgehead atoms. The van der Waals surface area contributed by atoms with Gasteiger partial charge in [0.2, 0.25) is 10.0 Å². The Morgan fingerprint density at radius 2 is 1.90 bits per heavy atom. The molecular formula is C21H24N4O4S. The van der Waals surface area contributed by atoms with Crippen LogP contribution in [0.1, 0.15) is 40.1 Å². The summed E-state index contributed by atoms with van der Waals surface area (Å²) in [6, 6.07) is 9.06. The lowest BCUT2D eigenvalue weighted by Crippen LogP contribution is -2.27. The molecular weight excluding hydrogens is 404 g/mol. The Morgan fingerprint density at radius 3 is 2.60 bits per heavy atom. The van der Waals surface area contributed by atoms with Crippen molar-refractivity contribution in [1.82, 2.24) is 19.8 Å². The van der Waals surface area contributed by atoms with Gasteiger partial charge in [-0.15, -0.1) is 0 Å². The average molecular weight is 429 g/mol. The molecule has 8 nitrogen and oxygen atoms in total. The number of likely N-dealkylation sites (tertiary alicyclic amines) is 1. The second kappa shape index (κ2) is 8.08. The monoisotopic (exact) mass is 428 g/mol. The minimum absolute atomic E-state index is 0.0405. The summed E-state index contributed by atoms with van der Waals surface area (Å²) in [5, 5.41) is 6.75. The summed E-state index contributed by atoms with van der Waals surface area (Å²) in [5.41, 5.74) is 2.73. The predicted octanol–water partition coefficient (Wildman–Crippen LogP) is 3.00. The number of amides is 1. The zero-order valence-electron chi connectivity index (χ0n) is 16.9. The number of benzene rings is 1. The molecule has 9 heteroatoms. The van der Waals surface area contributed by atoms with Crippen LogP contribution < -0.4 is 4.72 Å². The molecule has 3 aromatic rings. The van der Waals surface area contributed by atoms with Crippen LogP contribution in [0.4, 0.5) is 0 Å². The summed E-state index contributed by atoms with van der Waals surface area (Å²) in [5.74, 6) is 0.381. The van der Waals surface area contributed by atoms with Gasteiger partial charge in [0.25, 0.3) is 5.91 Å². The molecule has 158 valence electrons. The van der Waals surface area contributed by atoms with Gasteiger partial charge in [0.1, 0.15) is 16.3 Å². The van der Waals surface area contributed by atoms with E-state index in [1.807, 2.05) is 31.2 Å². The first-order valence-electron chi connectivity index (χ1n) is 9.84. The lowest BCUT2D eigenvalue weighted by atomic mass is 10.2. The Hall–Kier alpha value is -2.91. The third-order valence-corrected chi connectivity index (χ3v) is 6.77. The van der Waals surface area contributed by atoms with Crippen molar-refractivity contribution in [3.05, 3.63) is 59.0 Å². The maximum Gasteiger partial charge on any atom is 0.257 e. The van der Waals surface area contributed by atoms with Crippen LogP contribution in [0.15, 0.2) is 45.8 Å². The Labute approximate surface area is 175 Å². The topological polar surface area (TPSA) is 108 Å². The average Bonchev–Trinajstić information content (AvgIpc) is 3.47. The van der Waals surface area contributed by atoms with Gasteiger partial charge >= 0.3 is 0 Å². The molecule has 30 heavy (non-hydrogen) atoms. The van der Waals surface area contributed by atoms with E-state index in [1.54, 1.807) is 11.8 Å². The Balaban J connectivity index is 1.57. The maximum atomic E-state index is 12.8. The highest BCUT2D eigenvalue weighted by atomic mass is 32.2. The number of hydrogen-bond donors (Lipinski definition) is 2. The summed E-state index contributed by atoms with van der Waals surface area (Å²) >= 11 is 0. The highest BCUT2D eigenvalue weighted by molar-refractivity contribution is 7.89.